The maximum atomic E-state index is 12.9. The highest BCUT2D eigenvalue weighted by atomic mass is 16.5. The number of esters is 1. The number of carbonyl (C=O) groups excluding carboxylic acids is 2. The molecule has 0 radical (unpaired) electrons. The Bertz CT molecular complexity index is 1410. The van der Waals surface area contributed by atoms with E-state index in [0.29, 0.717) is 13.2 Å². The highest BCUT2D eigenvalue weighted by Crippen LogP contribution is 2.31. The van der Waals surface area contributed by atoms with Crippen LogP contribution in [0.25, 0.3) is 16.8 Å². The van der Waals surface area contributed by atoms with E-state index in [0.717, 1.165) is 39.6 Å². The van der Waals surface area contributed by atoms with Crippen molar-refractivity contribution in [3.63, 3.8) is 0 Å². The number of hydrogen-bond acceptors (Lipinski definition) is 4. The molecule has 0 fully saturated rings. The Kier molecular flexibility index (Phi) is 8.71. The molecule has 4 aromatic carbocycles. The van der Waals surface area contributed by atoms with Crippen LogP contribution in [0.15, 0.2) is 91.0 Å². The van der Waals surface area contributed by atoms with Gasteiger partial charge in [-0.2, -0.15) is 0 Å². The molecule has 0 unspecified atom stereocenters. The van der Waals surface area contributed by atoms with Crippen LogP contribution in [0.5, 0.6) is 5.75 Å². The van der Waals surface area contributed by atoms with Crippen molar-refractivity contribution >= 4 is 28.7 Å². The van der Waals surface area contributed by atoms with Gasteiger partial charge in [0.2, 0.25) is 5.91 Å². The Balaban J connectivity index is 1.57. The van der Waals surface area contributed by atoms with Crippen molar-refractivity contribution in [2.75, 3.05) is 13.7 Å². The van der Waals surface area contributed by atoms with Crippen molar-refractivity contribution in [2.45, 2.75) is 26.4 Å². The maximum Gasteiger partial charge on any atom is 0.330 e. The Morgan fingerprint density at radius 1 is 0.865 bits per heavy atom. The molecule has 188 valence electrons. The van der Waals surface area contributed by atoms with Crippen molar-refractivity contribution in [3.8, 4) is 5.75 Å². The lowest BCUT2D eigenvalue weighted by atomic mass is 9.97. The quantitative estimate of drug-likeness (QED) is 0.224. The Hall–Kier alpha value is -4.38. The molecular weight excluding hydrogens is 462 g/mol. The zero-order chi connectivity index (χ0) is 26.0. The molecule has 0 saturated carbocycles. The van der Waals surface area contributed by atoms with E-state index in [-0.39, 0.29) is 12.3 Å². The van der Waals surface area contributed by atoms with Gasteiger partial charge in [0.25, 0.3) is 0 Å². The lowest BCUT2D eigenvalue weighted by Gasteiger charge is -2.14. The monoisotopic (exact) mass is 493 g/mol. The van der Waals surface area contributed by atoms with Gasteiger partial charge in [-0.25, -0.2) is 4.79 Å². The normalized spacial score (nSPS) is 11.0. The Morgan fingerprint density at radius 3 is 2.43 bits per heavy atom. The zero-order valence-corrected chi connectivity index (χ0v) is 21.2. The predicted molar refractivity (Wildman–Crippen MR) is 147 cm³/mol. The highest BCUT2D eigenvalue weighted by Gasteiger charge is 2.12. The van der Waals surface area contributed by atoms with E-state index in [1.165, 1.54) is 24.3 Å². The van der Waals surface area contributed by atoms with E-state index in [9.17, 15) is 9.59 Å². The molecule has 0 atom stereocenters. The lowest BCUT2D eigenvalue weighted by Crippen LogP contribution is -2.27. The van der Waals surface area contributed by atoms with E-state index in [1.807, 2.05) is 72.8 Å². The first-order chi connectivity index (χ1) is 18.0. The molecule has 0 heterocycles. The molecule has 1 amide bonds. The molecule has 5 heteroatoms. The van der Waals surface area contributed by atoms with Gasteiger partial charge in [0, 0.05) is 18.0 Å². The minimum atomic E-state index is -0.441. The highest BCUT2D eigenvalue weighted by molar-refractivity contribution is 5.96. The molecule has 4 aromatic rings. The van der Waals surface area contributed by atoms with Crippen LogP contribution in [0, 0.1) is 6.92 Å². The third-order valence-corrected chi connectivity index (χ3v) is 6.24. The van der Waals surface area contributed by atoms with Crippen LogP contribution < -0.4 is 10.1 Å². The standard InChI is InChI=1S/C32H31NO4/c1-23-9-6-7-12-26(23)17-18-33-31(34)21-27-19-25(15-16-32(35)36-2)20-29-28(27)13-8-14-30(29)37-22-24-10-4-3-5-11-24/h3-16,19-20H,17-18,21-22H2,1-2H3,(H,33,34)/b16-15+. The van der Waals surface area contributed by atoms with Crippen molar-refractivity contribution in [3.05, 3.63) is 119 Å². The molecule has 0 bridgehead atoms. The summed E-state index contributed by atoms with van der Waals surface area (Å²) in [6.07, 6.45) is 4.06. The molecule has 0 aliphatic heterocycles. The number of fused-ring (bicyclic) bond motifs is 1. The third kappa shape index (κ3) is 7.07. The van der Waals surface area contributed by atoms with Crippen LogP contribution >= 0.6 is 0 Å². The molecule has 0 aromatic heterocycles. The summed E-state index contributed by atoms with van der Waals surface area (Å²) in [5.74, 6) is 0.222. The zero-order valence-electron chi connectivity index (χ0n) is 21.2. The summed E-state index contributed by atoms with van der Waals surface area (Å²) in [6.45, 7) is 3.07. The van der Waals surface area contributed by atoms with Crippen molar-refractivity contribution in [1.82, 2.24) is 5.32 Å². The number of ether oxygens (including phenoxy) is 2. The SMILES string of the molecule is COC(=O)/C=C/c1cc(CC(=O)NCCc2ccccc2C)c2cccc(OCc3ccccc3)c2c1. The number of rotatable bonds is 10. The molecule has 5 nitrogen and oxygen atoms in total. The summed E-state index contributed by atoms with van der Waals surface area (Å²) in [6, 6.07) is 27.9. The van der Waals surface area contributed by atoms with Crippen LogP contribution in [-0.2, 0) is 33.8 Å². The van der Waals surface area contributed by atoms with E-state index in [1.54, 1.807) is 6.08 Å². The molecule has 1 N–H and O–H groups in total. The van der Waals surface area contributed by atoms with Crippen LogP contribution in [0.2, 0.25) is 0 Å². The van der Waals surface area contributed by atoms with Crippen molar-refractivity contribution in [2.24, 2.45) is 0 Å². The van der Waals surface area contributed by atoms with E-state index >= 15 is 0 Å². The predicted octanol–water partition coefficient (Wildman–Crippen LogP) is 5.81. The number of methoxy groups -OCH3 is 1. The molecule has 0 spiro atoms. The first-order valence-corrected chi connectivity index (χ1v) is 12.3. The first kappa shape index (κ1) is 25.7. The average Bonchev–Trinajstić information content (AvgIpc) is 2.92. The largest absolute Gasteiger partial charge is 0.488 e. The topological polar surface area (TPSA) is 64.6 Å². The number of nitrogens with one attached hydrogen (secondary N) is 1. The second-order valence-corrected chi connectivity index (χ2v) is 8.87. The summed E-state index contributed by atoms with van der Waals surface area (Å²) in [5.41, 5.74) is 5.16. The molecular formula is C32H31NO4. The lowest BCUT2D eigenvalue weighted by molar-refractivity contribution is -0.134. The van der Waals surface area contributed by atoms with Gasteiger partial charge in [-0.05, 0) is 64.8 Å². The summed E-state index contributed by atoms with van der Waals surface area (Å²) in [4.78, 5) is 24.6. The minimum absolute atomic E-state index is 0.0559. The van der Waals surface area contributed by atoms with Gasteiger partial charge in [0.1, 0.15) is 12.4 Å². The van der Waals surface area contributed by atoms with Crippen LogP contribution in [-0.4, -0.2) is 25.5 Å². The first-order valence-electron chi connectivity index (χ1n) is 12.3. The van der Waals surface area contributed by atoms with Crippen molar-refractivity contribution < 1.29 is 19.1 Å². The number of aryl methyl sites for hydroxylation is 1. The number of hydrogen-bond donors (Lipinski definition) is 1. The van der Waals surface area contributed by atoms with Gasteiger partial charge in [0.15, 0.2) is 0 Å². The van der Waals surface area contributed by atoms with Gasteiger partial charge in [-0.1, -0.05) is 72.8 Å². The molecule has 0 aliphatic rings. The molecule has 0 saturated heterocycles. The van der Waals surface area contributed by atoms with Gasteiger partial charge in [-0.15, -0.1) is 0 Å². The van der Waals surface area contributed by atoms with Gasteiger partial charge in [-0.3, -0.25) is 4.79 Å². The Morgan fingerprint density at radius 2 is 1.65 bits per heavy atom. The van der Waals surface area contributed by atoms with E-state index < -0.39 is 5.97 Å². The van der Waals surface area contributed by atoms with Crippen LogP contribution in [0.4, 0.5) is 0 Å². The van der Waals surface area contributed by atoms with Gasteiger partial charge < -0.3 is 14.8 Å². The fraction of sp³-hybridized carbons (Fsp3) is 0.188. The fourth-order valence-electron chi connectivity index (χ4n) is 4.26. The van der Waals surface area contributed by atoms with Gasteiger partial charge >= 0.3 is 5.97 Å². The molecule has 0 aliphatic carbocycles. The second kappa shape index (κ2) is 12.5. The average molecular weight is 494 g/mol. The summed E-state index contributed by atoms with van der Waals surface area (Å²) in [5, 5.41) is 4.87. The molecule has 4 rings (SSSR count). The number of carbonyl (C=O) groups is 2. The number of amides is 1. The Labute approximate surface area is 217 Å². The smallest absolute Gasteiger partial charge is 0.330 e. The fourth-order valence-corrected chi connectivity index (χ4v) is 4.26. The summed E-state index contributed by atoms with van der Waals surface area (Å²) in [7, 11) is 1.34. The molecule has 37 heavy (non-hydrogen) atoms. The van der Waals surface area contributed by atoms with Gasteiger partial charge in [0.05, 0.1) is 13.5 Å². The minimum Gasteiger partial charge on any atom is -0.488 e. The van der Waals surface area contributed by atoms with Crippen molar-refractivity contribution in [1.29, 1.82) is 0 Å². The van der Waals surface area contributed by atoms with E-state index in [2.05, 4.69) is 24.4 Å². The van der Waals surface area contributed by atoms with Crippen LogP contribution in [0.3, 0.4) is 0 Å². The summed E-state index contributed by atoms with van der Waals surface area (Å²) >= 11 is 0. The second-order valence-electron chi connectivity index (χ2n) is 8.87. The maximum absolute atomic E-state index is 12.9. The van der Waals surface area contributed by atoms with Crippen LogP contribution in [0.1, 0.15) is 27.8 Å². The van der Waals surface area contributed by atoms with E-state index in [4.69, 9.17) is 9.47 Å². The summed E-state index contributed by atoms with van der Waals surface area (Å²) < 4.78 is 10.9. The number of benzene rings is 4. The third-order valence-electron chi connectivity index (χ3n) is 6.24.